The van der Waals surface area contributed by atoms with E-state index in [-0.39, 0.29) is 30.4 Å². The van der Waals surface area contributed by atoms with E-state index in [1.54, 1.807) is 18.7 Å². The first-order chi connectivity index (χ1) is 16.3. The largest absolute Gasteiger partial charge is 0.481 e. The molecule has 2 aromatic rings. The zero-order valence-corrected chi connectivity index (χ0v) is 19.5. The molecule has 5 rings (SSSR count). The molecule has 0 radical (unpaired) electrons. The van der Waals surface area contributed by atoms with Crippen molar-refractivity contribution in [3.63, 3.8) is 0 Å². The van der Waals surface area contributed by atoms with Crippen LogP contribution in [0.15, 0.2) is 48.5 Å². The first-order valence-electron chi connectivity index (χ1n) is 11.9. The summed E-state index contributed by atoms with van der Waals surface area (Å²) in [7, 11) is 0. The summed E-state index contributed by atoms with van der Waals surface area (Å²) in [5.74, 6) is -1.95. The van der Waals surface area contributed by atoms with Crippen molar-refractivity contribution in [3.8, 4) is 11.1 Å². The molecule has 0 bridgehead atoms. The maximum absolute atomic E-state index is 13.0. The summed E-state index contributed by atoms with van der Waals surface area (Å²) in [4.78, 5) is 38.9. The number of carboxylic acids is 1. The van der Waals surface area contributed by atoms with Gasteiger partial charge in [-0.25, -0.2) is 4.79 Å². The lowest BCUT2D eigenvalue weighted by Gasteiger charge is -2.26. The van der Waals surface area contributed by atoms with Crippen LogP contribution in [0.1, 0.15) is 43.7 Å². The number of nitrogens with one attached hydrogen (secondary N) is 1. The summed E-state index contributed by atoms with van der Waals surface area (Å²) in [5.41, 5.74) is 4.37. The van der Waals surface area contributed by atoms with Gasteiger partial charge >= 0.3 is 12.1 Å². The average Bonchev–Trinajstić information content (AvgIpc) is 3.38. The van der Waals surface area contributed by atoms with Gasteiger partial charge in [0, 0.05) is 30.5 Å². The molecule has 7 nitrogen and oxygen atoms in total. The van der Waals surface area contributed by atoms with Gasteiger partial charge in [0.25, 0.3) is 0 Å². The second-order valence-electron chi connectivity index (χ2n) is 10.0. The topological polar surface area (TPSA) is 95.9 Å². The molecule has 34 heavy (non-hydrogen) atoms. The second kappa shape index (κ2) is 8.46. The SMILES string of the molecule is CC(NC(=O)OCC1c2ccccc2-c2ccccc21)C(C)C(=O)N1CC(C(=O)O)C2(CC2)C1. The van der Waals surface area contributed by atoms with E-state index in [9.17, 15) is 19.5 Å². The highest BCUT2D eigenvalue weighted by atomic mass is 16.5. The lowest BCUT2D eigenvalue weighted by Crippen LogP contribution is -2.45. The van der Waals surface area contributed by atoms with Crippen molar-refractivity contribution in [1.29, 1.82) is 0 Å². The Morgan fingerprint density at radius 3 is 2.18 bits per heavy atom. The summed E-state index contributed by atoms with van der Waals surface area (Å²) >= 11 is 0. The first kappa shape index (κ1) is 22.4. The van der Waals surface area contributed by atoms with Gasteiger partial charge in [-0.3, -0.25) is 9.59 Å². The smallest absolute Gasteiger partial charge is 0.407 e. The molecule has 1 aliphatic heterocycles. The van der Waals surface area contributed by atoms with Crippen molar-refractivity contribution in [1.82, 2.24) is 10.2 Å². The Labute approximate surface area is 199 Å². The number of carbonyl (C=O) groups excluding carboxylic acids is 2. The summed E-state index contributed by atoms with van der Waals surface area (Å²) in [5, 5.41) is 12.3. The second-order valence-corrected chi connectivity index (χ2v) is 10.0. The quantitative estimate of drug-likeness (QED) is 0.679. The maximum Gasteiger partial charge on any atom is 0.407 e. The predicted octanol–water partition coefficient (Wildman–Crippen LogP) is 3.87. The van der Waals surface area contributed by atoms with Crippen molar-refractivity contribution < 1.29 is 24.2 Å². The molecule has 178 valence electrons. The number of fused-ring (bicyclic) bond motifs is 3. The van der Waals surface area contributed by atoms with Gasteiger partial charge in [0.2, 0.25) is 5.91 Å². The van der Waals surface area contributed by atoms with Crippen LogP contribution >= 0.6 is 0 Å². The van der Waals surface area contributed by atoms with Crippen molar-refractivity contribution in [2.75, 3.05) is 19.7 Å². The maximum atomic E-state index is 13.0. The molecule has 3 aliphatic rings. The van der Waals surface area contributed by atoms with Gasteiger partial charge in [-0.2, -0.15) is 0 Å². The summed E-state index contributed by atoms with van der Waals surface area (Å²) in [6.45, 7) is 4.50. The average molecular weight is 463 g/mol. The van der Waals surface area contributed by atoms with Crippen LogP contribution in [0.5, 0.6) is 0 Å². The highest BCUT2D eigenvalue weighted by Crippen LogP contribution is 2.56. The number of hydrogen-bond acceptors (Lipinski definition) is 4. The number of amides is 2. The Kier molecular flexibility index (Phi) is 5.58. The van der Waals surface area contributed by atoms with Gasteiger partial charge in [-0.05, 0) is 42.0 Å². The number of alkyl carbamates (subject to hydrolysis) is 1. The molecule has 1 saturated heterocycles. The monoisotopic (exact) mass is 462 g/mol. The third-order valence-electron chi connectivity index (χ3n) is 7.98. The molecule has 2 aliphatic carbocycles. The Hall–Kier alpha value is -3.35. The Morgan fingerprint density at radius 2 is 1.65 bits per heavy atom. The third kappa shape index (κ3) is 3.83. The van der Waals surface area contributed by atoms with Gasteiger partial charge in [0.15, 0.2) is 0 Å². The highest BCUT2D eigenvalue weighted by molar-refractivity contribution is 5.83. The normalized spacial score (nSPS) is 21.5. The zero-order valence-electron chi connectivity index (χ0n) is 19.5. The molecule has 2 fully saturated rings. The summed E-state index contributed by atoms with van der Waals surface area (Å²) in [6.07, 6.45) is 1.16. The van der Waals surface area contributed by atoms with Gasteiger partial charge in [-0.15, -0.1) is 0 Å². The van der Waals surface area contributed by atoms with E-state index in [0.717, 1.165) is 24.0 Å². The van der Waals surface area contributed by atoms with Crippen LogP contribution in [0.2, 0.25) is 0 Å². The first-order valence-corrected chi connectivity index (χ1v) is 11.9. The number of hydrogen-bond donors (Lipinski definition) is 2. The fourth-order valence-electron chi connectivity index (χ4n) is 5.60. The van der Waals surface area contributed by atoms with Crippen LogP contribution in [0.4, 0.5) is 4.79 Å². The highest BCUT2D eigenvalue weighted by Gasteiger charge is 2.59. The van der Waals surface area contributed by atoms with Crippen molar-refractivity contribution in [2.24, 2.45) is 17.3 Å². The van der Waals surface area contributed by atoms with Crippen LogP contribution in [0, 0.1) is 17.3 Å². The van der Waals surface area contributed by atoms with E-state index in [4.69, 9.17) is 4.74 Å². The van der Waals surface area contributed by atoms with Crippen LogP contribution in [-0.4, -0.2) is 53.7 Å². The molecule has 3 atom stereocenters. The molecule has 3 unspecified atom stereocenters. The minimum absolute atomic E-state index is 0.0280. The number of carbonyl (C=O) groups is 3. The number of aliphatic carboxylic acids is 1. The van der Waals surface area contributed by atoms with Gasteiger partial charge in [0.05, 0.1) is 11.8 Å². The van der Waals surface area contributed by atoms with Gasteiger partial charge < -0.3 is 20.1 Å². The lowest BCUT2D eigenvalue weighted by atomic mass is 9.93. The number of nitrogens with zero attached hydrogens (tertiary/aromatic N) is 1. The number of ether oxygens (including phenoxy) is 1. The van der Waals surface area contributed by atoms with Crippen LogP contribution in [-0.2, 0) is 14.3 Å². The van der Waals surface area contributed by atoms with E-state index in [1.165, 1.54) is 11.1 Å². The predicted molar refractivity (Wildman–Crippen MR) is 126 cm³/mol. The molecule has 2 aromatic carbocycles. The standard InChI is InChI=1S/C27H30N2O5/c1-16(24(30)29-13-23(25(31)32)27(15-29)11-12-27)17(2)28-26(33)34-14-22-20-9-5-3-7-18(20)19-8-4-6-10-21(19)22/h3-10,16-17,22-23H,11-15H2,1-2H3,(H,28,33)(H,31,32). The van der Waals surface area contributed by atoms with Crippen LogP contribution in [0.3, 0.4) is 0 Å². The van der Waals surface area contributed by atoms with E-state index in [0.29, 0.717) is 6.54 Å². The molecule has 1 spiro atoms. The Bertz CT molecular complexity index is 1100. The Morgan fingerprint density at radius 1 is 1.06 bits per heavy atom. The van der Waals surface area contributed by atoms with Crippen molar-refractivity contribution in [2.45, 2.75) is 38.6 Å². The van der Waals surface area contributed by atoms with Crippen LogP contribution < -0.4 is 5.32 Å². The minimum atomic E-state index is -0.828. The fourth-order valence-corrected chi connectivity index (χ4v) is 5.60. The zero-order chi connectivity index (χ0) is 24.0. The summed E-state index contributed by atoms with van der Waals surface area (Å²) < 4.78 is 5.60. The molecule has 2 amide bonds. The lowest BCUT2D eigenvalue weighted by molar-refractivity contribution is -0.143. The fraction of sp³-hybridized carbons (Fsp3) is 0.444. The molecule has 7 heteroatoms. The van der Waals surface area contributed by atoms with E-state index in [2.05, 4.69) is 29.6 Å². The molecule has 0 aromatic heterocycles. The van der Waals surface area contributed by atoms with Crippen molar-refractivity contribution >= 4 is 18.0 Å². The number of rotatable bonds is 6. The van der Waals surface area contributed by atoms with Gasteiger partial charge in [0.1, 0.15) is 6.61 Å². The van der Waals surface area contributed by atoms with Crippen molar-refractivity contribution in [3.05, 3.63) is 59.7 Å². The van der Waals surface area contributed by atoms with E-state index >= 15 is 0 Å². The van der Waals surface area contributed by atoms with E-state index < -0.39 is 29.9 Å². The molecular formula is C27H30N2O5. The molecule has 1 heterocycles. The molecular weight excluding hydrogens is 432 g/mol. The summed E-state index contributed by atoms with van der Waals surface area (Å²) in [6, 6.07) is 15.9. The van der Waals surface area contributed by atoms with Crippen LogP contribution in [0.25, 0.3) is 11.1 Å². The third-order valence-corrected chi connectivity index (χ3v) is 7.98. The number of benzene rings is 2. The molecule has 2 N–H and O–H groups in total. The number of likely N-dealkylation sites (tertiary alicyclic amines) is 1. The minimum Gasteiger partial charge on any atom is -0.481 e. The molecule has 1 saturated carbocycles. The number of carboxylic acid groups (broad SMARTS) is 1. The van der Waals surface area contributed by atoms with Gasteiger partial charge in [-0.1, -0.05) is 55.5 Å². The Balaban J connectivity index is 1.18. The van der Waals surface area contributed by atoms with E-state index in [1.807, 2.05) is 24.3 Å².